The van der Waals surface area contributed by atoms with Gasteiger partial charge in [0.05, 0.1) is 15.5 Å². The van der Waals surface area contributed by atoms with Gasteiger partial charge in [0.2, 0.25) is 11.6 Å². The molecule has 0 unspecified atom stereocenters. The van der Waals surface area contributed by atoms with Crippen LogP contribution in [0.4, 0.5) is 43.2 Å². The molecule has 1 heterocycles. The lowest BCUT2D eigenvalue weighted by Crippen LogP contribution is -2.06. The first-order valence-corrected chi connectivity index (χ1v) is 7.58. The van der Waals surface area contributed by atoms with Crippen LogP contribution in [0, 0.1) is 31.9 Å². The van der Waals surface area contributed by atoms with Crippen LogP contribution in [0.15, 0.2) is 48.8 Å². The third-order valence-electron chi connectivity index (χ3n) is 3.51. The van der Waals surface area contributed by atoms with Crippen molar-refractivity contribution >= 4 is 34.4 Å². The Morgan fingerprint density at radius 1 is 0.893 bits per heavy atom. The van der Waals surface area contributed by atoms with E-state index in [2.05, 4.69) is 20.6 Å². The van der Waals surface area contributed by atoms with E-state index in [-0.39, 0.29) is 22.9 Å². The zero-order valence-electron chi connectivity index (χ0n) is 13.8. The lowest BCUT2D eigenvalue weighted by atomic mass is 10.2. The SMILES string of the molecule is O=[N+]([O-])c1cccc(Nc2ncnc(Nc3cc(F)ccc3F)c2[N+](=O)[O-])c1. The van der Waals surface area contributed by atoms with Gasteiger partial charge >= 0.3 is 5.69 Å². The standard InChI is InChI=1S/C16H10F2N6O4/c17-9-4-5-12(18)13(6-9)22-16-14(24(27)28)15(19-8-20-16)21-10-2-1-3-11(7-10)23(25)26/h1-8H,(H2,19,20,21,22). The molecule has 0 aliphatic carbocycles. The summed E-state index contributed by atoms with van der Waals surface area (Å²) in [4.78, 5) is 28.4. The van der Waals surface area contributed by atoms with Gasteiger partial charge in [0.15, 0.2) is 0 Å². The Hall–Kier alpha value is -4.22. The number of hydrogen-bond acceptors (Lipinski definition) is 8. The fraction of sp³-hybridized carbons (Fsp3) is 0. The number of nitrogens with one attached hydrogen (secondary N) is 2. The van der Waals surface area contributed by atoms with Crippen LogP contribution in [0.3, 0.4) is 0 Å². The molecule has 0 amide bonds. The van der Waals surface area contributed by atoms with Gasteiger partial charge in [-0.1, -0.05) is 6.07 Å². The first kappa shape index (κ1) is 18.6. The Morgan fingerprint density at radius 3 is 2.29 bits per heavy atom. The van der Waals surface area contributed by atoms with E-state index < -0.39 is 33.0 Å². The van der Waals surface area contributed by atoms with Crippen molar-refractivity contribution in [3.8, 4) is 0 Å². The first-order valence-electron chi connectivity index (χ1n) is 7.58. The second-order valence-electron chi connectivity index (χ2n) is 5.36. The number of nitrogens with zero attached hydrogens (tertiary/aromatic N) is 4. The molecule has 142 valence electrons. The Bertz CT molecular complexity index is 1080. The monoisotopic (exact) mass is 388 g/mol. The van der Waals surface area contributed by atoms with E-state index in [4.69, 9.17) is 0 Å². The quantitative estimate of drug-likeness (QED) is 0.476. The molecule has 0 atom stereocenters. The van der Waals surface area contributed by atoms with Gasteiger partial charge in [-0.2, -0.15) is 0 Å². The maximum Gasteiger partial charge on any atom is 0.353 e. The predicted octanol–water partition coefficient (Wildman–Crippen LogP) is 4.06. The van der Waals surface area contributed by atoms with Crippen molar-refractivity contribution in [2.45, 2.75) is 0 Å². The Balaban J connectivity index is 2.00. The molecule has 0 saturated carbocycles. The van der Waals surface area contributed by atoms with Crippen molar-refractivity contribution in [2.24, 2.45) is 0 Å². The third-order valence-corrected chi connectivity index (χ3v) is 3.51. The van der Waals surface area contributed by atoms with E-state index in [1.54, 1.807) is 0 Å². The number of rotatable bonds is 6. The molecule has 0 fully saturated rings. The molecule has 3 rings (SSSR count). The minimum atomic E-state index is -0.845. The molecular weight excluding hydrogens is 378 g/mol. The summed E-state index contributed by atoms with van der Waals surface area (Å²) in [7, 11) is 0. The lowest BCUT2D eigenvalue weighted by molar-refractivity contribution is -0.384. The van der Waals surface area contributed by atoms with Crippen LogP contribution in [0.2, 0.25) is 0 Å². The summed E-state index contributed by atoms with van der Waals surface area (Å²) in [6.45, 7) is 0. The Labute approximate surface area is 155 Å². The summed E-state index contributed by atoms with van der Waals surface area (Å²) in [5.74, 6) is -2.28. The van der Waals surface area contributed by atoms with E-state index in [1.807, 2.05) is 0 Å². The van der Waals surface area contributed by atoms with Crippen LogP contribution in [0.1, 0.15) is 0 Å². The molecule has 2 N–H and O–H groups in total. The highest BCUT2D eigenvalue weighted by molar-refractivity contribution is 5.77. The van der Waals surface area contributed by atoms with Gasteiger partial charge in [0.25, 0.3) is 5.69 Å². The second kappa shape index (κ2) is 7.57. The number of nitro groups is 2. The van der Waals surface area contributed by atoms with E-state index in [9.17, 15) is 29.0 Å². The molecule has 0 spiro atoms. The highest BCUT2D eigenvalue weighted by atomic mass is 19.1. The molecular formula is C16H10F2N6O4. The first-order chi connectivity index (χ1) is 13.3. The van der Waals surface area contributed by atoms with Crippen molar-refractivity contribution in [1.82, 2.24) is 9.97 Å². The maximum atomic E-state index is 13.8. The summed E-state index contributed by atoms with van der Waals surface area (Å²) >= 11 is 0. The molecule has 0 saturated heterocycles. The van der Waals surface area contributed by atoms with Crippen molar-refractivity contribution in [3.05, 3.63) is 80.7 Å². The van der Waals surface area contributed by atoms with Crippen LogP contribution in [0.25, 0.3) is 0 Å². The van der Waals surface area contributed by atoms with E-state index >= 15 is 0 Å². The number of anilines is 4. The minimum Gasteiger partial charge on any atom is -0.334 e. The fourth-order valence-corrected chi connectivity index (χ4v) is 2.29. The zero-order valence-corrected chi connectivity index (χ0v) is 13.8. The summed E-state index contributed by atoms with van der Waals surface area (Å²) in [5.41, 5.74) is -1.08. The number of nitro benzene ring substituents is 1. The lowest BCUT2D eigenvalue weighted by Gasteiger charge is -2.10. The summed E-state index contributed by atoms with van der Waals surface area (Å²) in [6.07, 6.45) is 0.965. The third kappa shape index (κ3) is 3.95. The zero-order chi connectivity index (χ0) is 20.3. The predicted molar refractivity (Wildman–Crippen MR) is 94.7 cm³/mol. The smallest absolute Gasteiger partial charge is 0.334 e. The summed E-state index contributed by atoms with van der Waals surface area (Å²) in [5, 5.41) is 27.3. The molecule has 0 bridgehead atoms. The molecule has 0 radical (unpaired) electrons. The molecule has 28 heavy (non-hydrogen) atoms. The molecule has 2 aromatic carbocycles. The van der Waals surface area contributed by atoms with Crippen molar-refractivity contribution < 1.29 is 18.6 Å². The highest BCUT2D eigenvalue weighted by Crippen LogP contribution is 2.34. The Kier molecular flexibility index (Phi) is 5.02. The normalized spacial score (nSPS) is 10.4. The number of halogens is 2. The van der Waals surface area contributed by atoms with Crippen LogP contribution < -0.4 is 10.6 Å². The van der Waals surface area contributed by atoms with Gasteiger partial charge in [-0.05, 0) is 18.2 Å². The average molecular weight is 388 g/mol. The van der Waals surface area contributed by atoms with Crippen LogP contribution in [-0.4, -0.2) is 19.8 Å². The molecule has 3 aromatic rings. The average Bonchev–Trinajstić information content (AvgIpc) is 2.65. The number of non-ortho nitro benzene ring substituents is 1. The van der Waals surface area contributed by atoms with Crippen LogP contribution in [0.5, 0.6) is 0 Å². The molecule has 10 nitrogen and oxygen atoms in total. The largest absolute Gasteiger partial charge is 0.353 e. The van der Waals surface area contributed by atoms with Gasteiger partial charge in [-0.15, -0.1) is 0 Å². The second-order valence-corrected chi connectivity index (χ2v) is 5.36. The van der Waals surface area contributed by atoms with Crippen LogP contribution in [-0.2, 0) is 0 Å². The van der Waals surface area contributed by atoms with Gasteiger partial charge < -0.3 is 10.6 Å². The summed E-state index contributed by atoms with van der Waals surface area (Å²) in [6, 6.07) is 7.80. The van der Waals surface area contributed by atoms with Crippen molar-refractivity contribution in [2.75, 3.05) is 10.6 Å². The number of hydrogen-bond donors (Lipinski definition) is 2. The molecule has 0 aliphatic rings. The van der Waals surface area contributed by atoms with E-state index in [0.717, 1.165) is 30.6 Å². The van der Waals surface area contributed by atoms with E-state index in [0.29, 0.717) is 0 Å². The minimum absolute atomic E-state index is 0.166. The van der Waals surface area contributed by atoms with E-state index in [1.165, 1.54) is 18.2 Å². The highest BCUT2D eigenvalue weighted by Gasteiger charge is 2.24. The fourth-order valence-electron chi connectivity index (χ4n) is 2.29. The van der Waals surface area contributed by atoms with Crippen molar-refractivity contribution in [1.29, 1.82) is 0 Å². The molecule has 12 heteroatoms. The topological polar surface area (TPSA) is 136 Å². The maximum absolute atomic E-state index is 13.8. The Morgan fingerprint density at radius 2 is 1.61 bits per heavy atom. The summed E-state index contributed by atoms with van der Waals surface area (Å²) < 4.78 is 27.2. The molecule has 1 aromatic heterocycles. The van der Waals surface area contributed by atoms with Gasteiger partial charge in [-0.3, -0.25) is 20.2 Å². The van der Waals surface area contributed by atoms with Crippen molar-refractivity contribution in [3.63, 3.8) is 0 Å². The van der Waals surface area contributed by atoms with Gasteiger partial charge in [0.1, 0.15) is 18.0 Å². The molecule has 0 aliphatic heterocycles. The number of benzene rings is 2. The number of aromatic nitrogens is 2. The van der Waals surface area contributed by atoms with Gasteiger partial charge in [-0.25, -0.2) is 18.7 Å². The van der Waals surface area contributed by atoms with Gasteiger partial charge in [0, 0.05) is 23.9 Å². The van der Waals surface area contributed by atoms with Crippen LogP contribution >= 0.6 is 0 Å².